The number of aromatic nitrogens is 2. The van der Waals surface area contributed by atoms with Crippen molar-refractivity contribution in [2.24, 2.45) is 0 Å². The van der Waals surface area contributed by atoms with Crippen LogP contribution in [-0.2, 0) is 5.41 Å². The molecule has 9 aromatic carbocycles. The highest BCUT2D eigenvalue weighted by atomic mass is 32.1. The molecule has 3 heterocycles. The van der Waals surface area contributed by atoms with Gasteiger partial charge < -0.3 is 4.74 Å². The van der Waals surface area contributed by atoms with E-state index < -0.39 is 5.41 Å². The smallest absolute Gasteiger partial charge is 0.187 e. The van der Waals surface area contributed by atoms with Gasteiger partial charge in [-0.2, -0.15) is 0 Å². The van der Waals surface area contributed by atoms with E-state index in [1.807, 2.05) is 24.3 Å². The fourth-order valence-corrected chi connectivity index (χ4v) is 11.2. The van der Waals surface area contributed by atoms with Crippen LogP contribution in [0.1, 0.15) is 22.3 Å². The van der Waals surface area contributed by atoms with Crippen LogP contribution in [0.25, 0.3) is 91.6 Å². The van der Waals surface area contributed by atoms with Crippen molar-refractivity contribution in [1.82, 2.24) is 9.97 Å². The Hall–Kier alpha value is -7.91. The lowest BCUT2D eigenvalue weighted by atomic mass is 9.65. The first-order valence-corrected chi connectivity index (χ1v) is 21.2. The van der Waals surface area contributed by atoms with Crippen LogP contribution in [-0.4, -0.2) is 9.97 Å². The Kier molecular flexibility index (Phi) is 7.13. The van der Waals surface area contributed by atoms with Gasteiger partial charge in [-0.05, 0) is 97.4 Å². The number of fused-ring (bicyclic) bond motifs is 14. The van der Waals surface area contributed by atoms with Crippen LogP contribution in [0.3, 0.4) is 0 Å². The number of benzene rings is 9. The molecule has 1 aliphatic heterocycles. The Balaban J connectivity index is 1.12. The lowest BCUT2D eigenvalue weighted by Gasteiger charge is -2.39. The molecule has 2 aromatic heterocycles. The van der Waals surface area contributed by atoms with Crippen molar-refractivity contribution in [1.29, 1.82) is 0 Å². The van der Waals surface area contributed by atoms with Crippen molar-refractivity contribution >= 4 is 58.9 Å². The van der Waals surface area contributed by atoms with Crippen LogP contribution in [0, 0.1) is 6.57 Å². The number of hydrogen-bond donors (Lipinski definition) is 0. The molecule has 0 saturated heterocycles. The third kappa shape index (κ3) is 4.85. The summed E-state index contributed by atoms with van der Waals surface area (Å²) in [4.78, 5) is 14.3. The highest BCUT2D eigenvalue weighted by Crippen LogP contribution is 2.63. The van der Waals surface area contributed by atoms with Crippen molar-refractivity contribution in [3.8, 4) is 56.4 Å². The fourth-order valence-electron chi connectivity index (χ4n) is 10.0. The second-order valence-electron chi connectivity index (χ2n) is 15.9. The van der Waals surface area contributed by atoms with E-state index in [-0.39, 0.29) is 0 Å². The Morgan fingerprint density at radius 1 is 0.475 bits per heavy atom. The zero-order valence-electron chi connectivity index (χ0n) is 32.6. The summed E-state index contributed by atoms with van der Waals surface area (Å²) in [5.41, 5.74) is 13.1. The summed E-state index contributed by atoms with van der Waals surface area (Å²) >= 11 is 1.74. The molecule has 1 atom stereocenters. The minimum absolute atomic E-state index is 0.586. The molecule has 282 valence electrons. The van der Waals surface area contributed by atoms with E-state index in [0.717, 1.165) is 87.0 Å². The summed E-state index contributed by atoms with van der Waals surface area (Å²) in [6, 6.07) is 67.0. The van der Waals surface area contributed by atoms with Crippen LogP contribution >= 0.6 is 11.3 Å². The molecule has 0 N–H and O–H groups in total. The first kappa shape index (κ1) is 34.0. The third-order valence-corrected chi connectivity index (χ3v) is 13.9. The van der Waals surface area contributed by atoms with E-state index in [2.05, 4.69) is 169 Å². The summed E-state index contributed by atoms with van der Waals surface area (Å²) in [5.74, 6) is 2.38. The van der Waals surface area contributed by atoms with Gasteiger partial charge in [-0.15, -0.1) is 11.3 Å². The van der Waals surface area contributed by atoms with E-state index in [9.17, 15) is 0 Å². The van der Waals surface area contributed by atoms with Gasteiger partial charge in [0.25, 0.3) is 0 Å². The van der Waals surface area contributed by atoms with E-state index in [1.165, 1.54) is 27.6 Å². The molecule has 1 unspecified atom stereocenters. The number of nitrogens with zero attached hydrogens (tertiary/aromatic N) is 3. The zero-order chi connectivity index (χ0) is 40.2. The quantitative estimate of drug-likeness (QED) is 0.167. The van der Waals surface area contributed by atoms with Gasteiger partial charge in [-0.1, -0.05) is 146 Å². The molecule has 0 amide bonds. The number of hydrogen-bond acceptors (Lipinski definition) is 4. The summed E-state index contributed by atoms with van der Waals surface area (Å²) < 4.78 is 9.05. The molecule has 4 nitrogen and oxygen atoms in total. The molecule has 0 radical (unpaired) electrons. The van der Waals surface area contributed by atoms with Gasteiger partial charge in [0.1, 0.15) is 11.5 Å². The van der Waals surface area contributed by atoms with Crippen LogP contribution in [0.4, 0.5) is 5.69 Å². The Morgan fingerprint density at radius 2 is 1.11 bits per heavy atom. The van der Waals surface area contributed by atoms with Crippen molar-refractivity contribution in [2.45, 2.75) is 5.41 Å². The second kappa shape index (κ2) is 12.8. The van der Waals surface area contributed by atoms with Gasteiger partial charge in [-0.3, -0.25) is 0 Å². The molecule has 2 aliphatic rings. The molecular weight excluding hydrogens is 763 g/mol. The molecule has 5 heteroatoms. The number of rotatable bonds is 3. The molecule has 0 saturated carbocycles. The Labute approximate surface area is 355 Å². The summed E-state index contributed by atoms with van der Waals surface area (Å²) in [7, 11) is 0. The van der Waals surface area contributed by atoms with Gasteiger partial charge in [-0.25, -0.2) is 14.8 Å². The first-order chi connectivity index (χ1) is 30.2. The fraction of sp³-hybridized carbons (Fsp3) is 0.0179. The Bertz CT molecular complexity index is 3710. The lowest BCUT2D eigenvalue weighted by molar-refractivity contribution is 0.437. The van der Waals surface area contributed by atoms with Crippen LogP contribution < -0.4 is 4.74 Å². The van der Waals surface area contributed by atoms with Crippen molar-refractivity contribution in [3.63, 3.8) is 0 Å². The SMILES string of the molecule is [C-]#[N+]c1ccc(-c2nc(-c3cc4ccccc4cc3-c3ccc4c(c3)C3(c5ccccc5Oc5cc6ccccc6cc53)c3ccccc3-4)c3sc4ccccc4c3n2)cc1. The molecule has 13 rings (SSSR count). The van der Waals surface area contributed by atoms with E-state index in [1.54, 1.807) is 11.3 Å². The van der Waals surface area contributed by atoms with Gasteiger partial charge >= 0.3 is 0 Å². The third-order valence-electron chi connectivity index (χ3n) is 12.7. The second-order valence-corrected chi connectivity index (χ2v) is 17.0. The van der Waals surface area contributed by atoms with Crippen molar-refractivity contribution < 1.29 is 4.74 Å². The van der Waals surface area contributed by atoms with Gasteiger partial charge in [0.15, 0.2) is 11.5 Å². The molecule has 1 spiro atoms. The standard InChI is InChI=1S/C56H31N3OS/c1-57-39-25-22-33(23-26-39)55-58-52-42-17-7-11-21-51(42)61-54(52)53(59-55)44-29-35-13-3-2-12-34(35)28-43(44)38-24-27-41-40-16-6-8-18-45(40)56(47(41)31-38)46-19-9-10-20-49(46)60-50-32-37-15-5-4-14-36(37)30-48(50)56/h2-32H. The van der Waals surface area contributed by atoms with Crippen LogP contribution in [0.15, 0.2) is 188 Å². The molecule has 11 aromatic rings. The zero-order valence-corrected chi connectivity index (χ0v) is 33.4. The van der Waals surface area contributed by atoms with E-state index in [0.29, 0.717) is 11.5 Å². The maximum absolute atomic E-state index is 7.55. The first-order valence-electron chi connectivity index (χ1n) is 20.4. The average molecular weight is 794 g/mol. The molecule has 61 heavy (non-hydrogen) atoms. The monoisotopic (exact) mass is 793 g/mol. The number of thiophene rings is 1. The van der Waals surface area contributed by atoms with Gasteiger partial charge in [0, 0.05) is 32.3 Å². The maximum atomic E-state index is 7.55. The molecule has 1 aliphatic carbocycles. The van der Waals surface area contributed by atoms with Gasteiger partial charge in [0.2, 0.25) is 0 Å². The highest BCUT2D eigenvalue weighted by molar-refractivity contribution is 7.26. The minimum Gasteiger partial charge on any atom is -0.457 e. The molecule has 0 bridgehead atoms. The summed E-state index contributed by atoms with van der Waals surface area (Å²) in [6.07, 6.45) is 0. The maximum Gasteiger partial charge on any atom is 0.187 e. The van der Waals surface area contributed by atoms with E-state index >= 15 is 0 Å². The number of ether oxygens (including phenoxy) is 1. The van der Waals surface area contributed by atoms with Crippen LogP contribution in [0.5, 0.6) is 11.5 Å². The van der Waals surface area contributed by atoms with Crippen LogP contribution in [0.2, 0.25) is 0 Å². The molecular formula is C56H31N3OS. The summed E-state index contributed by atoms with van der Waals surface area (Å²) in [6.45, 7) is 7.55. The largest absolute Gasteiger partial charge is 0.457 e. The highest BCUT2D eigenvalue weighted by Gasteiger charge is 2.51. The Morgan fingerprint density at radius 3 is 1.92 bits per heavy atom. The van der Waals surface area contributed by atoms with Gasteiger partial charge in [0.05, 0.1) is 27.9 Å². The molecule has 0 fully saturated rings. The van der Waals surface area contributed by atoms with Crippen molar-refractivity contribution in [3.05, 3.63) is 222 Å². The minimum atomic E-state index is -0.633. The summed E-state index contributed by atoms with van der Waals surface area (Å²) in [5, 5.41) is 5.73. The average Bonchev–Trinajstić information content (AvgIpc) is 3.84. The van der Waals surface area contributed by atoms with Crippen molar-refractivity contribution in [2.75, 3.05) is 0 Å². The van der Waals surface area contributed by atoms with E-state index in [4.69, 9.17) is 21.3 Å². The normalized spacial score (nSPS) is 14.7. The predicted molar refractivity (Wildman–Crippen MR) is 250 cm³/mol. The topological polar surface area (TPSA) is 39.4 Å². The lowest BCUT2D eigenvalue weighted by Crippen LogP contribution is -2.32. The number of para-hydroxylation sites is 1. The predicted octanol–water partition coefficient (Wildman–Crippen LogP) is 15.2.